The summed E-state index contributed by atoms with van der Waals surface area (Å²) in [5.74, 6) is 1.89. The number of ketones is 4. The number of ether oxygens (including phenoxy) is 4. The summed E-state index contributed by atoms with van der Waals surface area (Å²) in [4.78, 5) is 69.5. The Balaban J connectivity index is 0.000000156. The van der Waals surface area contributed by atoms with E-state index in [1.165, 1.54) is 42.4 Å². The number of fused-ring (bicyclic) bond motifs is 5. The van der Waals surface area contributed by atoms with Gasteiger partial charge in [0.15, 0.2) is 18.3 Å². The summed E-state index contributed by atoms with van der Waals surface area (Å²) in [7, 11) is 0. The number of benzene rings is 3. The fourth-order valence-corrected chi connectivity index (χ4v) is 12.2. The summed E-state index contributed by atoms with van der Waals surface area (Å²) in [6.45, 7) is 21.9. The second-order valence-corrected chi connectivity index (χ2v) is 22.5. The number of hydrogen-bond donors (Lipinski definition) is 0. The van der Waals surface area contributed by atoms with Crippen LogP contribution in [0.15, 0.2) is 108 Å². The lowest BCUT2D eigenvalue weighted by atomic mass is 9.51. The average molecular weight is 1030 g/mol. The van der Waals surface area contributed by atoms with Gasteiger partial charge >= 0.3 is 5.97 Å². The van der Waals surface area contributed by atoms with Crippen molar-refractivity contribution in [2.75, 3.05) is 13.2 Å². The smallest absolute Gasteiger partial charge is 0.316 e. The Bertz CT molecular complexity index is 2660. The molecule has 2 fully saturated rings. The monoisotopic (exact) mass is 1020 g/mol. The van der Waals surface area contributed by atoms with Gasteiger partial charge in [0.25, 0.3) is 0 Å². The maximum absolute atomic E-state index is 12.9. The van der Waals surface area contributed by atoms with Crippen LogP contribution >= 0.6 is 0 Å². The van der Waals surface area contributed by atoms with Crippen LogP contribution in [-0.2, 0) is 19.1 Å². The SMILES string of the molecule is CC1=CCCC[C@@]1(C)C=O.CCC.CCC(C)(C1Oc2ccccc2C1=O)[C@]1(C)CCCC=C1C.CCOC(=O)C1CCCCC1=O.C[C@@]12CCCC=C1[C@@]1(C2)Oc2ccccc2C1=O.O=C1COc2ccccc21. The fourth-order valence-electron chi connectivity index (χ4n) is 12.2. The number of carbonyl (C=O) groups excluding carboxylic acids is 6. The molecule has 0 amide bonds. The molecule has 3 heterocycles. The number of esters is 1. The number of rotatable bonds is 6. The molecule has 0 bridgehead atoms. The van der Waals surface area contributed by atoms with Crippen LogP contribution < -0.4 is 14.2 Å². The minimum atomic E-state index is -0.640. The molecule has 0 aromatic heterocycles. The van der Waals surface area contributed by atoms with E-state index in [0.717, 1.165) is 93.1 Å². The van der Waals surface area contributed by atoms with Crippen molar-refractivity contribution >= 4 is 35.4 Å². The highest BCUT2D eigenvalue weighted by Crippen LogP contribution is 2.63. The third-order valence-electron chi connectivity index (χ3n) is 17.4. The second-order valence-electron chi connectivity index (χ2n) is 22.5. The zero-order valence-corrected chi connectivity index (χ0v) is 46.7. The van der Waals surface area contributed by atoms with E-state index in [4.69, 9.17) is 18.9 Å². The molecule has 3 aromatic carbocycles. The van der Waals surface area contributed by atoms with Crippen molar-refractivity contribution in [2.45, 2.75) is 184 Å². The highest BCUT2D eigenvalue weighted by molar-refractivity contribution is 6.11. The van der Waals surface area contributed by atoms with Crippen LogP contribution in [0.1, 0.15) is 203 Å². The van der Waals surface area contributed by atoms with Gasteiger partial charge in [-0.2, -0.15) is 0 Å². The molecule has 1 spiro atoms. The first-order valence-corrected chi connectivity index (χ1v) is 27.9. The molecule has 0 radical (unpaired) electrons. The van der Waals surface area contributed by atoms with Crippen molar-refractivity contribution in [3.8, 4) is 17.2 Å². The van der Waals surface area contributed by atoms with E-state index in [9.17, 15) is 28.8 Å². The molecule has 3 unspecified atom stereocenters. The molecule has 0 saturated heterocycles. The standard InChI is InChI=1S/C20H26O2.C16H16O2.C9H14O3.C9H14O.C8H6O2.C3H8/c1-5-19(3,20(4)13-9-8-10-14(20)2)18-17(21)15-11-6-7-12-16(15)22-18;1-15-9-5-4-8-13(15)16(10-15)14(17)11-6-2-3-7-12(11)18-16;1-2-12-9(11)7-5-3-4-6-8(7)10;1-8-5-3-4-6-9(8,2)7-10;9-7-5-10-8-4-2-1-3-6(7)8;1-3-2/h6-7,10-12,18H,5,8-9,13H2,1-4H3;2-3,6-8H,4-5,9-10H2,1H3;7H,2-6H2,1H3;5,7H,3-4,6H2,1-2H3;1-4H,5H2;3H2,1-2H3/t18?,19?,20-;15-,16+;;9-;;/m10.0../s1. The Labute approximate surface area is 447 Å². The second kappa shape index (κ2) is 25.3. The summed E-state index contributed by atoms with van der Waals surface area (Å²) < 4.78 is 22.1. The molecule has 8 aliphatic rings. The van der Waals surface area contributed by atoms with Gasteiger partial charge in [0, 0.05) is 23.7 Å². The minimum Gasteiger partial charge on any atom is -0.485 e. The van der Waals surface area contributed by atoms with Crippen LogP contribution in [0.25, 0.3) is 0 Å². The van der Waals surface area contributed by atoms with Crippen LogP contribution in [0, 0.1) is 27.6 Å². The molecule has 10 nitrogen and oxygen atoms in total. The van der Waals surface area contributed by atoms with E-state index in [1.54, 1.807) is 19.1 Å². The Hall–Kier alpha value is -5.90. The number of allylic oxidation sites excluding steroid dienone is 5. The van der Waals surface area contributed by atoms with Crippen molar-refractivity contribution in [2.24, 2.45) is 27.6 Å². The lowest BCUT2D eigenvalue weighted by molar-refractivity contribution is -0.152. The quantitative estimate of drug-likeness (QED) is 0.101. The summed E-state index contributed by atoms with van der Waals surface area (Å²) >= 11 is 0. The number of Topliss-reactive ketones (excluding diaryl/α,β-unsaturated/α-hetero) is 4. The summed E-state index contributed by atoms with van der Waals surface area (Å²) in [5.41, 5.74) is 5.35. The normalized spacial score (nSPS) is 28.1. The van der Waals surface area contributed by atoms with Crippen LogP contribution in [-0.4, -0.2) is 60.3 Å². The number of hydrogen-bond acceptors (Lipinski definition) is 10. The van der Waals surface area contributed by atoms with E-state index in [1.807, 2.05) is 74.5 Å². The fraction of sp³-hybridized carbons (Fsp3) is 0.538. The van der Waals surface area contributed by atoms with E-state index in [-0.39, 0.29) is 63.5 Å². The molecule has 75 heavy (non-hydrogen) atoms. The minimum absolute atomic E-state index is 0.0162. The molecule has 2 saturated carbocycles. The molecule has 0 N–H and O–H groups in total. The lowest BCUT2D eigenvalue weighted by Crippen LogP contribution is -2.60. The molecule has 5 aliphatic carbocycles. The third-order valence-corrected chi connectivity index (χ3v) is 17.4. The van der Waals surface area contributed by atoms with Gasteiger partial charge in [-0.25, -0.2) is 0 Å². The van der Waals surface area contributed by atoms with Crippen molar-refractivity contribution in [3.05, 3.63) is 124 Å². The summed E-state index contributed by atoms with van der Waals surface area (Å²) in [5, 5.41) is 0. The lowest BCUT2D eigenvalue weighted by Gasteiger charge is -2.55. The molecular formula is C65H84O10. The molecule has 3 aliphatic heterocycles. The van der Waals surface area contributed by atoms with Gasteiger partial charge in [-0.1, -0.05) is 120 Å². The van der Waals surface area contributed by atoms with Gasteiger partial charge in [-0.05, 0) is 158 Å². The highest BCUT2D eigenvalue weighted by atomic mass is 16.5. The first-order valence-electron chi connectivity index (χ1n) is 27.9. The van der Waals surface area contributed by atoms with Crippen molar-refractivity contribution in [1.29, 1.82) is 0 Å². The van der Waals surface area contributed by atoms with Crippen LogP contribution in [0.4, 0.5) is 0 Å². The molecule has 10 heteroatoms. The molecular weight excluding hydrogens is 941 g/mol. The predicted octanol–water partition coefficient (Wildman–Crippen LogP) is 15.0. The Morgan fingerprint density at radius 3 is 1.87 bits per heavy atom. The largest absolute Gasteiger partial charge is 0.485 e. The van der Waals surface area contributed by atoms with E-state index < -0.39 is 11.5 Å². The Morgan fingerprint density at radius 1 is 0.720 bits per heavy atom. The first kappa shape index (κ1) is 58.4. The van der Waals surface area contributed by atoms with Gasteiger partial charge in [0.05, 0.1) is 23.3 Å². The number of aldehydes is 1. The maximum Gasteiger partial charge on any atom is 0.316 e. The Morgan fingerprint density at radius 2 is 1.31 bits per heavy atom. The third kappa shape index (κ3) is 12.2. The number of carbonyl (C=O) groups is 6. The van der Waals surface area contributed by atoms with E-state index >= 15 is 0 Å². The van der Waals surface area contributed by atoms with Gasteiger partial charge < -0.3 is 23.7 Å². The van der Waals surface area contributed by atoms with Crippen molar-refractivity contribution in [1.82, 2.24) is 0 Å². The zero-order valence-electron chi connectivity index (χ0n) is 46.7. The predicted molar refractivity (Wildman–Crippen MR) is 296 cm³/mol. The number of para-hydroxylation sites is 3. The van der Waals surface area contributed by atoms with Gasteiger partial charge in [-0.15, -0.1) is 0 Å². The van der Waals surface area contributed by atoms with E-state index in [0.29, 0.717) is 30.8 Å². The average Bonchev–Trinajstić information content (AvgIpc) is 4.09. The van der Waals surface area contributed by atoms with Crippen LogP contribution in [0.2, 0.25) is 0 Å². The van der Waals surface area contributed by atoms with Gasteiger partial charge in [0.2, 0.25) is 17.3 Å². The molecule has 11 rings (SSSR count). The summed E-state index contributed by atoms with van der Waals surface area (Å²) in [6, 6.07) is 22.6. The van der Waals surface area contributed by atoms with Crippen molar-refractivity contribution < 1.29 is 47.7 Å². The van der Waals surface area contributed by atoms with Gasteiger partial charge in [-0.3, -0.25) is 24.0 Å². The zero-order chi connectivity index (χ0) is 54.6. The topological polar surface area (TPSA) is 139 Å². The van der Waals surface area contributed by atoms with Crippen molar-refractivity contribution in [3.63, 3.8) is 0 Å². The molecule has 7 atom stereocenters. The molecule has 404 valence electrons. The van der Waals surface area contributed by atoms with E-state index in [2.05, 4.69) is 66.7 Å². The van der Waals surface area contributed by atoms with Gasteiger partial charge in [0.1, 0.15) is 35.2 Å². The summed E-state index contributed by atoms with van der Waals surface area (Å²) in [6.07, 6.45) is 23.9. The maximum atomic E-state index is 12.9. The Kier molecular flexibility index (Phi) is 19.7. The van der Waals surface area contributed by atoms with Crippen LogP contribution in [0.5, 0.6) is 17.2 Å². The molecule has 3 aromatic rings. The van der Waals surface area contributed by atoms with Crippen LogP contribution in [0.3, 0.4) is 0 Å². The highest BCUT2D eigenvalue weighted by Gasteiger charge is 2.66. The first-order chi connectivity index (χ1) is 35.8.